The predicted octanol–water partition coefficient (Wildman–Crippen LogP) is 2.66. The second kappa shape index (κ2) is 6.95. The minimum Gasteiger partial charge on any atom is -0.337 e. The lowest BCUT2D eigenvalue weighted by atomic mass is 9.97. The van der Waals surface area contributed by atoms with Crippen LogP contribution in [0.5, 0.6) is 0 Å². The summed E-state index contributed by atoms with van der Waals surface area (Å²) in [5, 5.41) is 5.23. The fourth-order valence-corrected chi connectivity index (χ4v) is 4.54. The Hall–Kier alpha value is -2.61. The van der Waals surface area contributed by atoms with E-state index >= 15 is 0 Å². The van der Waals surface area contributed by atoms with Gasteiger partial charge in [0.05, 0.1) is 21.3 Å². The van der Waals surface area contributed by atoms with Gasteiger partial charge in [-0.1, -0.05) is 0 Å². The molecule has 1 aliphatic heterocycles. The molecule has 3 aromatic rings. The number of aryl methyl sites for hydroxylation is 2. The van der Waals surface area contributed by atoms with Gasteiger partial charge in [-0.2, -0.15) is 5.10 Å². The number of rotatable bonds is 3. The van der Waals surface area contributed by atoms with Gasteiger partial charge < -0.3 is 4.90 Å². The Balaban J connectivity index is 1.46. The lowest BCUT2D eigenvalue weighted by Crippen LogP contribution is -2.38. The van der Waals surface area contributed by atoms with E-state index < -0.39 is 0 Å². The van der Waals surface area contributed by atoms with Gasteiger partial charge in [-0.05, 0) is 31.9 Å². The molecule has 1 aliphatic rings. The van der Waals surface area contributed by atoms with Crippen molar-refractivity contribution in [2.75, 3.05) is 13.1 Å². The maximum Gasteiger partial charge on any atom is 0.272 e. The van der Waals surface area contributed by atoms with E-state index in [1.807, 2.05) is 17.9 Å². The Bertz CT molecular complexity index is 911. The smallest absolute Gasteiger partial charge is 0.272 e. The summed E-state index contributed by atoms with van der Waals surface area (Å²) >= 11 is 1.71. The number of aromatic nitrogens is 5. The topological polar surface area (TPSA) is 76.8 Å². The van der Waals surface area contributed by atoms with Crippen molar-refractivity contribution in [3.05, 3.63) is 47.2 Å². The van der Waals surface area contributed by atoms with E-state index in [0.29, 0.717) is 11.6 Å². The summed E-state index contributed by atoms with van der Waals surface area (Å²) in [6.45, 7) is 3.52. The highest BCUT2D eigenvalue weighted by molar-refractivity contribution is 7.15. The molecule has 0 saturated carbocycles. The molecule has 0 N–H and O–H groups in total. The molecule has 8 heteroatoms. The van der Waals surface area contributed by atoms with Gasteiger partial charge in [0, 0.05) is 38.4 Å². The van der Waals surface area contributed by atoms with Crippen molar-refractivity contribution in [1.82, 2.24) is 29.6 Å². The van der Waals surface area contributed by atoms with Gasteiger partial charge in [0.1, 0.15) is 12.0 Å². The third-order valence-corrected chi connectivity index (χ3v) is 6.14. The van der Waals surface area contributed by atoms with Crippen LogP contribution in [0.15, 0.2) is 30.9 Å². The molecule has 0 unspecified atom stereocenters. The highest BCUT2D eigenvalue weighted by Crippen LogP contribution is 2.36. The van der Waals surface area contributed by atoms with Gasteiger partial charge in [-0.3, -0.25) is 9.48 Å². The number of hydrogen-bond donors (Lipinski definition) is 0. The van der Waals surface area contributed by atoms with Gasteiger partial charge in [0.25, 0.3) is 5.91 Å². The van der Waals surface area contributed by atoms with Gasteiger partial charge in [0.2, 0.25) is 0 Å². The van der Waals surface area contributed by atoms with Crippen molar-refractivity contribution in [2.24, 2.45) is 7.05 Å². The third-order valence-electron chi connectivity index (χ3n) is 4.80. The lowest BCUT2D eigenvalue weighted by molar-refractivity contribution is 0.0701. The van der Waals surface area contributed by atoms with E-state index in [9.17, 15) is 4.79 Å². The van der Waals surface area contributed by atoms with Crippen molar-refractivity contribution in [3.63, 3.8) is 0 Å². The monoisotopic (exact) mass is 368 g/mol. The summed E-state index contributed by atoms with van der Waals surface area (Å²) in [4.78, 5) is 28.7. The number of hydrogen-bond acceptors (Lipinski definition) is 6. The van der Waals surface area contributed by atoms with Crippen LogP contribution >= 0.6 is 11.3 Å². The SMILES string of the molecule is Cc1nc(C2CCN(C(=O)c3ccnn3C)CC2)sc1-c1ccncn1. The molecule has 134 valence electrons. The summed E-state index contributed by atoms with van der Waals surface area (Å²) in [5.74, 6) is 0.449. The molecule has 3 aromatic heterocycles. The molecule has 1 saturated heterocycles. The van der Waals surface area contributed by atoms with Crippen LogP contribution in [-0.4, -0.2) is 48.6 Å². The molecule has 4 rings (SSSR count). The molecule has 1 fully saturated rings. The summed E-state index contributed by atoms with van der Waals surface area (Å²) in [5.41, 5.74) is 2.57. The molecule has 4 heterocycles. The van der Waals surface area contributed by atoms with Crippen LogP contribution < -0.4 is 0 Å². The average molecular weight is 368 g/mol. The molecule has 0 radical (unpaired) electrons. The maximum atomic E-state index is 12.6. The Morgan fingerprint density at radius 2 is 2.04 bits per heavy atom. The molecule has 1 amide bonds. The molecule has 0 aliphatic carbocycles. The maximum absolute atomic E-state index is 12.6. The van der Waals surface area contributed by atoms with E-state index in [-0.39, 0.29) is 5.91 Å². The predicted molar refractivity (Wildman–Crippen MR) is 99.0 cm³/mol. The Labute approximate surface area is 155 Å². The third kappa shape index (κ3) is 3.12. The van der Waals surface area contributed by atoms with Crippen molar-refractivity contribution in [3.8, 4) is 10.6 Å². The summed E-state index contributed by atoms with van der Waals surface area (Å²) in [7, 11) is 1.80. The van der Waals surface area contributed by atoms with Crippen LogP contribution in [-0.2, 0) is 7.05 Å². The van der Waals surface area contributed by atoms with Gasteiger partial charge >= 0.3 is 0 Å². The fourth-order valence-electron chi connectivity index (χ4n) is 3.33. The van der Waals surface area contributed by atoms with Crippen LogP contribution in [0, 0.1) is 6.92 Å². The first-order valence-corrected chi connectivity index (χ1v) is 9.46. The zero-order chi connectivity index (χ0) is 18.1. The average Bonchev–Trinajstić information content (AvgIpc) is 3.28. The number of nitrogens with zero attached hydrogens (tertiary/aromatic N) is 6. The lowest BCUT2D eigenvalue weighted by Gasteiger charge is -2.31. The molecule has 0 aromatic carbocycles. The van der Waals surface area contributed by atoms with E-state index in [2.05, 4.69) is 15.1 Å². The quantitative estimate of drug-likeness (QED) is 0.710. The molecule has 0 atom stereocenters. The first kappa shape index (κ1) is 16.8. The fraction of sp³-hybridized carbons (Fsp3) is 0.389. The zero-order valence-corrected chi connectivity index (χ0v) is 15.6. The summed E-state index contributed by atoms with van der Waals surface area (Å²) in [6.07, 6.45) is 6.84. The number of carbonyl (C=O) groups is 1. The Morgan fingerprint density at radius 1 is 1.23 bits per heavy atom. The van der Waals surface area contributed by atoms with Gasteiger partial charge in [-0.15, -0.1) is 11.3 Å². The first-order chi connectivity index (χ1) is 12.6. The second-order valence-corrected chi connectivity index (χ2v) is 7.50. The van der Waals surface area contributed by atoms with Crippen LogP contribution in [0.1, 0.15) is 39.9 Å². The number of piperidine rings is 1. The van der Waals surface area contributed by atoms with Gasteiger partial charge in [0.15, 0.2) is 0 Å². The normalized spacial score (nSPS) is 15.4. The number of thiazole rings is 1. The Kier molecular flexibility index (Phi) is 4.50. The largest absolute Gasteiger partial charge is 0.337 e. The highest BCUT2D eigenvalue weighted by Gasteiger charge is 2.28. The molecule has 26 heavy (non-hydrogen) atoms. The molecular weight excluding hydrogens is 348 g/mol. The first-order valence-electron chi connectivity index (χ1n) is 8.64. The molecule has 0 bridgehead atoms. The van der Waals surface area contributed by atoms with Crippen LogP contribution in [0.3, 0.4) is 0 Å². The summed E-state index contributed by atoms with van der Waals surface area (Å²) < 4.78 is 1.63. The molecule has 7 nitrogen and oxygen atoms in total. The number of amides is 1. The van der Waals surface area contributed by atoms with Crippen molar-refractivity contribution < 1.29 is 4.79 Å². The zero-order valence-electron chi connectivity index (χ0n) is 14.8. The van der Waals surface area contributed by atoms with E-state index in [1.165, 1.54) is 0 Å². The number of likely N-dealkylation sites (tertiary alicyclic amines) is 1. The van der Waals surface area contributed by atoms with Crippen molar-refractivity contribution in [2.45, 2.75) is 25.7 Å². The van der Waals surface area contributed by atoms with Crippen LogP contribution in [0.25, 0.3) is 10.6 Å². The second-order valence-electron chi connectivity index (χ2n) is 6.47. The minimum atomic E-state index is 0.0560. The van der Waals surface area contributed by atoms with Crippen LogP contribution in [0.4, 0.5) is 0 Å². The molecule has 0 spiro atoms. The summed E-state index contributed by atoms with van der Waals surface area (Å²) in [6, 6.07) is 3.69. The van der Waals surface area contributed by atoms with E-state index in [1.54, 1.807) is 47.9 Å². The van der Waals surface area contributed by atoms with Crippen LogP contribution in [0.2, 0.25) is 0 Å². The number of carbonyl (C=O) groups excluding carboxylic acids is 1. The van der Waals surface area contributed by atoms with Crippen molar-refractivity contribution >= 4 is 17.2 Å². The van der Waals surface area contributed by atoms with Crippen molar-refractivity contribution in [1.29, 1.82) is 0 Å². The van der Waals surface area contributed by atoms with E-state index in [4.69, 9.17) is 4.98 Å². The molecular formula is C18H20N6OS. The highest BCUT2D eigenvalue weighted by atomic mass is 32.1. The minimum absolute atomic E-state index is 0.0560. The standard InChI is InChI=1S/C18H20N6OS/c1-12-16(14-3-7-19-11-20-14)26-17(22-12)13-5-9-24(10-6-13)18(25)15-4-8-21-23(15)2/h3-4,7-8,11,13H,5-6,9-10H2,1-2H3. The van der Waals surface area contributed by atoms with Gasteiger partial charge in [-0.25, -0.2) is 15.0 Å². The Morgan fingerprint density at radius 3 is 2.69 bits per heavy atom. The van der Waals surface area contributed by atoms with E-state index in [0.717, 1.165) is 47.2 Å².